The average Bonchev–Trinajstić information content (AvgIpc) is 2.86. The fraction of sp³-hybridized carbons (Fsp3) is 0.812. The molecule has 1 aliphatic carbocycles. The van der Waals surface area contributed by atoms with Crippen molar-refractivity contribution in [1.29, 1.82) is 0 Å². The Morgan fingerprint density at radius 1 is 1.40 bits per heavy atom. The van der Waals surface area contributed by atoms with Gasteiger partial charge in [-0.3, -0.25) is 4.68 Å². The second-order valence-corrected chi connectivity index (χ2v) is 6.17. The number of nitrogens with two attached hydrogens (primary N) is 1. The van der Waals surface area contributed by atoms with Gasteiger partial charge in [0.2, 0.25) is 0 Å². The molecule has 2 rings (SSSR count). The lowest BCUT2D eigenvalue weighted by Crippen LogP contribution is -2.28. The third kappa shape index (κ3) is 3.35. The lowest BCUT2D eigenvalue weighted by molar-refractivity contribution is 0.226. The van der Waals surface area contributed by atoms with Gasteiger partial charge in [-0.05, 0) is 24.7 Å². The van der Waals surface area contributed by atoms with E-state index in [4.69, 9.17) is 10.5 Å². The lowest BCUT2D eigenvalue weighted by Gasteiger charge is -2.32. The molecule has 1 saturated carbocycles. The molecule has 1 unspecified atom stereocenters. The molecule has 0 bridgehead atoms. The topological polar surface area (TPSA) is 53.1 Å². The largest absolute Gasteiger partial charge is 0.493 e. The number of hydrogen-bond donors (Lipinski definition) is 1. The molecule has 1 fully saturated rings. The van der Waals surface area contributed by atoms with Crippen LogP contribution in [0, 0.1) is 11.8 Å². The van der Waals surface area contributed by atoms with Gasteiger partial charge >= 0.3 is 0 Å². The van der Waals surface area contributed by atoms with E-state index in [1.165, 1.54) is 44.9 Å². The molecule has 4 nitrogen and oxygen atoms in total. The number of methoxy groups -OCH3 is 1. The number of unbranched alkanes of at least 4 members (excludes halogenated alkanes) is 1. The Kier molecular flexibility index (Phi) is 5.46. The normalized spacial score (nSPS) is 24.6. The van der Waals surface area contributed by atoms with Crippen LogP contribution >= 0.6 is 0 Å². The zero-order chi connectivity index (χ0) is 14.5. The van der Waals surface area contributed by atoms with Crippen molar-refractivity contribution >= 4 is 0 Å². The molecule has 0 spiro atoms. The van der Waals surface area contributed by atoms with Gasteiger partial charge in [0.15, 0.2) is 5.75 Å². The standard InChI is InChI=1S/C16H29N3O/c1-4-5-6-12-7-9-13(10-8-12)15(17)16-14(20-3)11-18-19(16)2/h11-13,15H,4-10,17H2,1-3H3. The van der Waals surface area contributed by atoms with E-state index in [9.17, 15) is 0 Å². The Hall–Kier alpha value is -1.03. The highest BCUT2D eigenvalue weighted by Gasteiger charge is 2.29. The molecule has 1 heterocycles. The van der Waals surface area contributed by atoms with E-state index in [1.807, 2.05) is 11.7 Å². The van der Waals surface area contributed by atoms with Gasteiger partial charge in [0, 0.05) is 7.05 Å². The molecular weight excluding hydrogens is 250 g/mol. The van der Waals surface area contributed by atoms with Gasteiger partial charge in [-0.2, -0.15) is 5.10 Å². The van der Waals surface area contributed by atoms with E-state index in [-0.39, 0.29) is 6.04 Å². The smallest absolute Gasteiger partial charge is 0.161 e. The van der Waals surface area contributed by atoms with Gasteiger partial charge in [0.25, 0.3) is 0 Å². The van der Waals surface area contributed by atoms with Crippen molar-refractivity contribution < 1.29 is 4.74 Å². The number of hydrogen-bond acceptors (Lipinski definition) is 3. The minimum Gasteiger partial charge on any atom is -0.493 e. The van der Waals surface area contributed by atoms with Crippen molar-refractivity contribution in [3.8, 4) is 5.75 Å². The minimum absolute atomic E-state index is 0.0459. The first-order valence-electron chi connectivity index (χ1n) is 7.98. The molecule has 0 saturated heterocycles. The Morgan fingerprint density at radius 3 is 2.70 bits per heavy atom. The second-order valence-electron chi connectivity index (χ2n) is 6.17. The highest BCUT2D eigenvalue weighted by atomic mass is 16.5. The molecule has 2 N–H and O–H groups in total. The summed E-state index contributed by atoms with van der Waals surface area (Å²) in [5, 5.41) is 4.27. The molecule has 0 aromatic carbocycles. The summed E-state index contributed by atoms with van der Waals surface area (Å²) in [6, 6.07) is 0.0459. The van der Waals surface area contributed by atoms with Crippen molar-refractivity contribution in [2.24, 2.45) is 24.6 Å². The Labute approximate surface area is 122 Å². The number of aryl methyl sites for hydroxylation is 1. The van der Waals surface area contributed by atoms with Crippen molar-refractivity contribution in [2.75, 3.05) is 7.11 Å². The van der Waals surface area contributed by atoms with E-state index >= 15 is 0 Å². The summed E-state index contributed by atoms with van der Waals surface area (Å²) in [6.45, 7) is 2.27. The quantitative estimate of drug-likeness (QED) is 0.868. The van der Waals surface area contributed by atoms with Crippen LogP contribution in [0.5, 0.6) is 5.75 Å². The van der Waals surface area contributed by atoms with Gasteiger partial charge in [-0.25, -0.2) is 0 Å². The summed E-state index contributed by atoms with van der Waals surface area (Å²) in [4.78, 5) is 0. The summed E-state index contributed by atoms with van der Waals surface area (Å²) in [7, 11) is 3.64. The molecule has 0 amide bonds. The van der Waals surface area contributed by atoms with Gasteiger partial charge in [-0.15, -0.1) is 0 Å². The molecule has 20 heavy (non-hydrogen) atoms. The molecule has 114 valence electrons. The summed E-state index contributed by atoms with van der Waals surface area (Å²) in [5.41, 5.74) is 7.54. The van der Waals surface area contributed by atoms with E-state index in [0.717, 1.165) is 17.4 Å². The van der Waals surface area contributed by atoms with Gasteiger partial charge in [0.05, 0.1) is 25.0 Å². The molecule has 1 aliphatic rings. The fourth-order valence-electron chi connectivity index (χ4n) is 3.52. The monoisotopic (exact) mass is 279 g/mol. The van der Waals surface area contributed by atoms with Crippen molar-refractivity contribution in [2.45, 2.75) is 57.9 Å². The van der Waals surface area contributed by atoms with Gasteiger partial charge in [0.1, 0.15) is 0 Å². The molecule has 0 radical (unpaired) electrons. The van der Waals surface area contributed by atoms with Crippen LogP contribution in [0.4, 0.5) is 0 Å². The molecule has 1 atom stereocenters. The van der Waals surface area contributed by atoms with Crippen molar-refractivity contribution in [1.82, 2.24) is 9.78 Å². The van der Waals surface area contributed by atoms with Crippen LogP contribution in [0.25, 0.3) is 0 Å². The Morgan fingerprint density at radius 2 is 2.10 bits per heavy atom. The molecule has 4 heteroatoms. The number of ether oxygens (including phenoxy) is 1. The summed E-state index contributed by atoms with van der Waals surface area (Å²) >= 11 is 0. The minimum atomic E-state index is 0.0459. The van der Waals surface area contributed by atoms with Crippen LogP contribution in [-0.4, -0.2) is 16.9 Å². The third-order valence-corrected chi connectivity index (χ3v) is 4.85. The third-order valence-electron chi connectivity index (χ3n) is 4.85. The highest BCUT2D eigenvalue weighted by Crippen LogP contribution is 2.39. The summed E-state index contributed by atoms with van der Waals surface area (Å²) in [5.74, 6) is 2.32. The van der Waals surface area contributed by atoms with Crippen LogP contribution in [-0.2, 0) is 7.05 Å². The molecular formula is C16H29N3O. The first kappa shape index (κ1) is 15.4. The van der Waals surface area contributed by atoms with Crippen LogP contribution in [0.15, 0.2) is 6.20 Å². The SMILES string of the molecule is CCCCC1CCC(C(N)c2c(OC)cnn2C)CC1. The predicted molar refractivity (Wildman–Crippen MR) is 81.7 cm³/mol. The second kappa shape index (κ2) is 7.11. The van der Waals surface area contributed by atoms with E-state index in [2.05, 4.69) is 12.0 Å². The number of nitrogens with zero attached hydrogens (tertiary/aromatic N) is 2. The number of aromatic nitrogens is 2. The zero-order valence-corrected chi connectivity index (χ0v) is 13.1. The Bertz CT molecular complexity index is 408. The zero-order valence-electron chi connectivity index (χ0n) is 13.1. The van der Waals surface area contributed by atoms with Crippen molar-refractivity contribution in [3.63, 3.8) is 0 Å². The number of rotatable bonds is 6. The van der Waals surface area contributed by atoms with Crippen LogP contribution in [0.1, 0.15) is 63.6 Å². The molecule has 1 aromatic rings. The molecule has 1 aromatic heterocycles. The maximum atomic E-state index is 6.50. The fourth-order valence-corrected chi connectivity index (χ4v) is 3.52. The summed E-state index contributed by atoms with van der Waals surface area (Å²) < 4.78 is 7.26. The van der Waals surface area contributed by atoms with Crippen LogP contribution in [0.2, 0.25) is 0 Å². The van der Waals surface area contributed by atoms with Gasteiger partial charge < -0.3 is 10.5 Å². The van der Waals surface area contributed by atoms with Crippen molar-refractivity contribution in [3.05, 3.63) is 11.9 Å². The van der Waals surface area contributed by atoms with Crippen LogP contribution < -0.4 is 10.5 Å². The maximum Gasteiger partial charge on any atom is 0.161 e. The van der Waals surface area contributed by atoms with Crippen LogP contribution in [0.3, 0.4) is 0 Å². The van der Waals surface area contributed by atoms with E-state index < -0.39 is 0 Å². The van der Waals surface area contributed by atoms with Gasteiger partial charge in [-0.1, -0.05) is 39.0 Å². The maximum absolute atomic E-state index is 6.50. The highest BCUT2D eigenvalue weighted by molar-refractivity contribution is 5.28. The Balaban J connectivity index is 1.94. The average molecular weight is 279 g/mol. The first-order chi connectivity index (χ1) is 9.67. The predicted octanol–water partition coefficient (Wildman–Crippen LogP) is 3.43. The lowest BCUT2D eigenvalue weighted by atomic mass is 9.76. The molecule has 0 aliphatic heterocycles. The first-order valence-corrected chi connectivity index (χ1v) is 7.98. The summed E-state index contributed by atoms with van der Waals surface area (Å²) in [6.07, 6.45) is 11.0. The van der Waals surface area contributed by atoms with E-state index in [0.29, 0.717) is 5.92 Å². The van der Waals surface area contributed by atoms with E-state index in [1.54, 1.807) is 13.3 Å².